The Hall–Kier alpha value is -2.09. The number of aryl methyl sites for hydroxylation is 1. The van der Waals surface area contributed by atoms with E-state index in [1.54, 1.807) is 31.5 Å². The second-order valence-corrected chi connectivity index (χ2v) is 6.83. The Morgan fingerprint density at radius 3 is 2.62 bits per heavy atom. The van der Waals surface area contributed by atoms with E-state index in [1.165, 1.54) is 6.07 Å². The van der Waals surface area contributed by atoms with Crippen LogP contribution in [-0.2, 0) is 0 Å². The van der Waals surface area contributed by atoms with Crippen molar-refractivity contribution in [1.29, 1.82) is 0 Å². The molecule has 0 spiro atoms. The monoisotopic (exact) mass is 467 g/mol. The highest BCUT2D eigenvalue weighted by molar-refractivity contribution is 14.1. The van der Waals surface area contributed by atoms with Crippen LogP contribution in [0.15, 0.2) is 42.6 Å². The van der Waals surface area contributed by atoms with Crippen LogP contribution in [0.3, 0.4) is 0 Å². The molecule has 0 atom stereocenters. The van der Waals surface area contributed by atoms with Crippen LogP contribution in [0, 0.1) is 12.7 Å². The van der Waals surface area contributed by atoms with E-state index in [-0.39, 0.29) is 5.75 Å². The fourth-order valence-electron chi connectivity index (χ4n) is 2.53. The van der Waals surface area contributed by atoms with Crippen LogP contribution >= 0.6 is 22.6 Å². The van der Waals surface area contributed by atoms with Gasteiger partial charge in [0.2, 0.25) is 0 Å². The maximum atomic E-state index is 14.1. The average molecular weight is 467 g/mol. The molecule has 0 aliphatic carbocycles. The van der Waals surface area contributed by atoms with E-state index in [9.17, 15) is 4.39 Å². The molecule has 1 heterocycles. The largest absolute Gasteiger partial charge is 0.493 e. The first kappa shape index (κ1) is 18.7. The number of ether oxygens (including phenoxy) is 3. The molecule has 0 unspecified atom stereocenters. The second-order valence-electron chi connectivity index (χ2n) is 5.76. The van der Waals surface area contributed by atoms with Gasteiger partial charge in [0, 0.05) is 22.1 Å². The number of hydrogen-bond acceptors (Lipinski definition) is 4. The first-order chi connectivity index (χ1) is 12.6. The highest BCUT2D eigenvalue weighted by Gasteiger charge is 2.13. The van der Waals surface area contributed by atoms with Gasteiger partial charge in [-0.15, -0.1) is 0 Å². The Morgan fingerprint density at radius 2 is 1.88 bits per heavy atom. The zero-order valence-electron chi connectivity index (χ0n) is 14.6. The minimum atomic E-state index is -0.402. The Balaban J connectivity index is 1.98. The summed E-state index contributed by atoms with van der Waals surface area (Å²) in [6, 6.07) is 10.2. The SMILES string of the molecule is COc1cc2c(Oc3ccc(C)cc3F)ccnc2cc1OCCCI. The maximum Gasteiger partial charge on any atom is 0.165 e. The van der Waals surface area contributed by atoms with Gasteiger partial charge in [0.15, 0.2) is 23.1 Å². The summed E-state index contributed by atoms with van der Waals surface area (Å²) in [5.41, 5.74) is 1.53. The van der Waals surface area contributed by atoms with Crippen LogP contribution < -0.4 is 14.2 Å². The van der Waals surface area contributed by atoms with Gasteiger partial charge in [0.05, 0.1) is 19.2 Å². The summed E-state index contributed by atoms with van der Waals surface area (Å²) in [5.74, 6) is 1.50. The lowest BCUT2D eigenvalue weighted by atomic mass is 10.1. The molecule has 0 saturated carbocycles. The van der Waals surface area contributed by atoms with Gasteiger partial charge in [-0.05, 0) is 43.2 Å². The van der Waals surface area contributed by atoms with Crippen LogP contribution in [-0.4, -0.2) is 23.1 Å². The number of aromatic nitrogens is 1. The Kier molecular flexibility index (Phi) is 6.13. The molecule has 1 aromatic heterocycles. The third kappa shape index (κ3) is 4.17. The maximum absolute atomic E-state index is 14.1. The van der Waals surface area contributed by atoms with Crippen LogP contribution in [0.25, 0.3) is 10.9 Å². The molecule has 4 nitrogen and oxygen atoms in total. The Labute approximate surface area is 165 Å². The highest BCUT2D eigenvalue weighted by atomic mass is 127. The van der Waals surface area contributed by atoms with Crippen molar-refractivity contribution in [2.45, 2.75) is 13.3 Å². The van der Waals surface area contributed by atoms with Gasteiger partial charge in [0.1, 0.15) is 5.75 Å². The summed E-state index contributed by atoms with van der Waals surface area (Å²) in [7, 11) is 1.59. The highest BCUT2D eigenvalue weighted by Crippen LogP contribution is 2.37. The molecule has 0 fully saturated rings. The normalized spacial score (nSPS) is 10.8. The molecule has 0 radical (unpaired) electrons. The molecule has 0 aliphatic rings. The van der Waals surface area contributed by atoms with Crippen molar-refractivity contribution in [3.05, 3.63) is 54.0 Å². The van der Waals surface area contributed by atoms with Crippen molar-refractivity contribution < 1.29 is 18.6 Å². The van der Waals surface area contributed by atoms with Crippen molar-refractivity contribution in [3.63, 3.8) is 0 Å². The zero-order chi connectivity index (χ0) is 18.5. The lowest BCUT2D eigenvalue weighted by Gasteiger charge is -2.14. The van der Waals surface area contributed by atoms with Crippen LogP contribution in [0.1, 0.15) is 12.0 Å². The van der Waals surface area contributed by atoms with E-state index < -0.39 is 5.82 Å². The third-order valence-electron chi connectivity index (χ3n) is 3.83. The quantitative estimate of drug-likeness (QED) is 0.255. The standard InChI is InChI=1S/C20H19FINO3/c1-13-4-5-18(15(21)10-13)26-17-6-8-23-16-12-20(25-9-3-7-22)19(24-2)11-14(16)17/h4-6,8,10-12H,3,7,9H2,1-2H3. The molecule has 0 amide bonds. The summed E-state index contributed by atoms with van der Waals surface area (Å²) in [6.45, 7) is 2.44. The minimum absolute atomic E-state index is 0.171. The van der Waals surface area contributed by atoms with E-state index in [4.69, 9.17) is 14.2 Å². The summed E-state index contributed by atoms with van der Waals surface area (Å²) in [4.78, 5) is 4.37. The number of nitrogens with zero attached hydrogens (tertiary/aromatic N) is 1. The first-order valence-corrected chi connectivity index (χ1v) is 9.74. The first-order valence-electron chi connectivity index (χ1n) is 8.22. The molecule has 6 heteroatoms. The van der Waals surface area contributed by atoms with Gasteiger partial charge in [-0.2, -0.15) is 0 Å². The summed E-state index contributed by atoms with van der Waals surface area (Å²) >= 11 is 2.31. The predicted octanol–water partition coefficient (Wildman–Crippen LogP) is 5.69. The van der Waals surface area contributed by atoms with E-state index in [0.29, 0.717) is 29.4 Å². The van der Waals surface area contributed by atoms with Crippen LogP contribution in [0.5, 0.6) is 23.0 Å². The molecule has 136 valence electrons. The molecule has 0 bridgehead atoms. The van der Waals surface area contributed by atoms with Crippen LogP contribution in [0.2, 0.25) is 0 Å². The van der Waals surface area contributed by atoms with Gasteiger partial charge < -0.3 is 14.2 Å². The fraction of sp³-hybridized carbons (Fsp3) is 0.250. The number of benzene rings is 2. The van der Waals surface area contributed by atoms with Gasteiger partial charge in [-0.3, -0.25) is 4.98 Å². The van der Waals surface area contributed by atoms with Crippen molar-refractivity contribution in [3.8, 4) is 23.0 Å². The topological polar surface area (TPSA) is 40.6 Å². The predicted molar refractivity (Wildman–Crippen MR) is 109 cm³/mol. The molecule has 0 saturated heterocycles. The van der Waals surface area contributed by atoms with Crippen molar-refractivity contribution in [1.82, 2.24) is 4.98 Å². The molecule has 26 heavy (non-hydrogen) atoms. The molecular formula is C20H19FINO3. The van der Waals surface area contributed by atoms with E-state index in [1.807, 2.05) is 19.1 Å². The van der Waals surface area contributed by atoms with Crippen molar-refractivity contribution in [2.75, 3.05) is 18.1 Å². The lowest BCUT2D eigenvalue weighted by Crippen LogP contribution is -2.00. The number of pyridine rings is 1. The summed E-state index contributed by atoms with van der Waals surface area (Å²) in [6.07, 6.45) is 2.58. The molecule has 3 aromatic rings. The van der Waals surface area contributed by atoms with Gasteiger partial charge in [-0.1, -0.05) is 28.7 Å². The van der Waals surface area contributed by atoms with Crippen molar-refractivity contribution >= 4 is 33.5 Å². The van der Waals surface area contributed by atoms with E-state index in [0.717, 1.165) is 21.8 Å². The lowest BCUT2D eigenvalue weighted by molar-refractivity contribution is 0.296. The van der Waals surface area contributed by atoms with Gasteiger partial charge >= 0.3 is 0 Å². The Morgan fingerprint density at radius 1 is 1.04 bits per heavy atom. The molecular weight excluding hydrogens is 448 g/mol. The number of hydrogen-bond donors (Lipinski definition) is 0. The minimum Gasteiger partial charge on any atom is -0.493 e. The average Bonchev–Trinajstić information content (AvgIpc) is 2.64. The summed E-state index contributed by atoms with van der Waals surface area (Å²) < 4.78 is 32.2. The number of alkyl halides is 1. The van der Waals surface area contributed by atoms with Gasteiger partial charge in [0.25, 0.3) is 0 Å². The summed E-state index contributed by atoms with van der Waals surface area (Å²) in [5, 5.41) is 0.727. The zero-order valence-corrected chi connectivity index (χ0v) is 16.7. The smallest absolute Gasteiger partial charge is 0.165 e. The van der Waals surface area contributed by atoms with Crippen molar-refractivity contribution in [2.24, 2.45) is 0 Å². The number of halogens is 2. The van der Waals surface area contributed by atoms with E-state index >= 15 is 0 Å². The molecule has 0 N–H and O–H groups in total. The van der Waals surface area contributed by atoms with Gasteiger partial charge in [-0.25, -0.2) is 4.39 Å². The van der Waals surface area contributed by atoms with Crippen LogP contribution in [0.4, 0.5) is 4.39 Å². The Bertz CT molecular complexity index is 917. The number of methoxy groups -OCH3 is 1. The van der Waals surface area contributed by atoms with E-state index in [2.05, 4.69) is 27.6 Å². The molecule has 2 aromatic carbocycles. The molecule has 3 rings (SSSR count). The number of fused-ring (bicyclic) bond motifs is 1. The second kappa shape index (κ2) is 8.53. The molecule has 0 aliphatic heterocycles. The third-order valence-corrected chi connectivity index (χ3v) is 4.59. The fourth-order valence-corrected chi connectivity index (χ4v) is 2.84. The number of rotatable bonds is 7.